The third-order valence-electron chi connectivity index (χ3n) is 2.91. The van der Waals surface area contributed by atoms with Gasteiger partial charge < -0.3 is 15.4 Å². The molecule has 1 aromatic carbocycles. The Kier molecular flexibility index (Phi) is 5.15. The van der Waals surface area contributed by atoms with Crippen LogP contribution < -0.4 is 15.4 Å². The molecule has 0 radical (unpaired) electrons. The molecular weight excluding hydrogens is 272 g/mol. The molecule has 0 saturated heterocycles. The second-order valence-electron chi connectivity index (χ2n) is 4.39. The number of amides is 1. The van der Waals surface area contributed by atoms with Crippen LogP contribution in [0.1, 0.15) is 17.8 Å². The first-order valence-electron chi connectivity index (χ1n) is 6.39. The minimum atomic E-state index is -0.0569. The molecule has 1 aromatic heterocycles. The van der Waals surface area contributed by atoms with Gasteiger partial charge in [0.1, 0.15) is 5.75 Å². The average Bonchev–Trinajstić information content (AvgIpc) is 3.00. The molecule has 0 spiro atoms. The number of carbonyl (C=O) groups is 1. The van der Waals surface area contributed by atoms with Crippen molar-refractivity contribution in [3.8, 4) is 5.75 Å². The van der Waals surface area contributed by atoms with Crippen LogP contribution in [0.2, 0.25) is 0 Å². The van der Waals surface area contributed by atoms with Crippen LogP contribution in [-0.4, -0.2) is 19.6 Å². The van der Waals surface area contributed by atoms with Crippen molar-refractivity contribution in [2.45, 2.75) is 13.0 Å². The van der Waals surface area contributed by atoms with Crippen molar-refractivity contribution in [2.24, 2.45) is 0 Å². The maximum Gasteiger partial charge on any atom is 0.238 e. The van der Waals surface area contributed by atoms with Gasteiger partial charge in [-0.05, 0) is 42.6 Å². The summed E-state index contributed by atoms with van der Waals surface area (Å²) in [4.78, 5) is 13.1. The molecule has 0 aliphatic carbocycles. The first-order valence-corrected chi connectivity index (χ1v) is 7.27. The van der Waals surface area contributed by atoms with E-state index in [1.807, 2.05) is 42.6 Å². The minimum absolute atomic E-state index is 0.0569. The Morgan fingerprint density at radius 3 is 2.65 bits per heavy atom. The number of nitrogens with one attached hydrogen (secondary N) is 2. The molecule has 106 valence electrons. The van der Waals surface area contributed by atoms with Gasteiger partial charge in [-0.3, -0.25) is 4.79 Å². The van der Waals surface area contributed by atoms with E-state index in [0.717, 1.165) is 11.4 Å². The van der Waals surface area contributed by atoms with Gasteiger partial charge in [-0.15, -0.1) is 11.3 Å². The van der Waals surface area contributed by atoms with E-state index in [1.165, 1.54) is 4.88 Å². The quantitative estimate of drug-likeness (QED) is 0.859. The second-order valence-corrected chi connectivity index (χ2v) is 5.37. The van der Waals surface area contributed by atoms with Crippen LogP contribution in [0, 0.1) is 0 Å². The molecule has 0 unspecified atom stereocenters. The maximum absolute atomic E-state index is 11.8. The summed E-state index contributed by atoms with van der Waals surface area (Å²) in [5.41, 5.74) is 0.765. The van der Waals surface area contributed by atoms with E-state index in [0.29, 0.717) is 0 Å². The van der Waals surface area contributed by atoms with E-state index in [-0.39, 0.29) is 18.5 Å². The fourth-order valence-corrected chi connectivity index (χ4v) is 2.52. The molecule has 0 saturated carbocycles. The van der Waals surface area contributed by atoms with Crippen LogP contribution in [0.4, 0.5) is 5.69 Å². The summed E-state index contributed by atoms with van der Waals surface area (Å²) >= 11 is 1.68. The first kappa shape index (κ1) is 14.6. The molecule has 0 aliphatic rings. The van der Waals surface area contributed by atoms with Crippen molar-refractivity contribution in [3.63, 3.8) is 0 Å². The molecule has 1 amide bonds. The molecule has 0 aliphatic heterocycles. The molecule has 5 heteroatoms. The molecule has 1 heterocycles. The van der Waals surface area contributed by atoms with Gasteiger partial charge >= 0.3 is 0 Å². The van der Waals surface area contributed by atoms with Gasteiger partial charge in [-0.2, -0.15) is 0 Å². The lowest BCUT2D eigenvalue weighted by molar-refractivity contribution is -0.115. The predicted molar refractivity (Wildman–Crippen MR) is 82.4 cm³/mol. The van der Waals surface area contributed by atoms with E-state index in [2.05, 4.69) is 16.7 Å². The van der Waals surface area contributed by atoms with Crippen LogP contribution in [0.3, 0.4) is 0 Å². The van der Waals surface area contributed by atoms with Gasteiger partial charge in [0.05, 0.1) is 13.7 Å². The average molecular weight is 290 g/mol. The molecule has 2 N–H and O–H groups in total. The van der Waals surface area contributed by atoms with Crippen molar-refractivity contribution in [2.75, 3.05) is 19.0 Å². The zero-order valence-corrected chi connectivity index (χ0v) is 12.4. The van der Waals surface area contributed by atoms with Crippen molar-refractivity contribution >= 4 is 22.9 Å². The van der Waals surface area contributed by atoms with Crippen molar-refractivity contribution < 1.29 is 9.53 Å². The lowest BCUT2D eigenvalue weighted by Gasteiger charge is -2.12. The SMILES string of the molecule is COc1ccc(NC(=O)CN[C@H](C)c2cccs2)cc1. The first-order chi connectivity index (χ1) is 9.69. The van der Waals surface area contributed by atoms with Crippen molar-refractivity contribution in [1.82, 2.24) is 5.32 Å². The lowest BCUT2D eigenvalue weighted by atomic mass is 10.2. The third kappa shape index (κ3) is 4.08. The number of rotatable bonds is 6. The number of hydrogen-bond acceptors (Lipinski definition) is 4. The van der Waals surface area contributed by atoms with Crippen molar-refractivity contribution in [3.05, 3.63) is 46.7 Å². The standard InChI is InChI=1S/C15H18N2O2S/c1-11(14-4-3-9-20-14)16-10-15(18)17-12-5-7-13(19-2)8-6-12/h3-9,11,16H,10H2,1-2H3,(H,17,18)/t11-/m1/s1. The fraction of sp³-hybridized carbons (Fsp3) is 0.267. The molecule has 4 nitrogen and oxygen atoms in total. The van der Waals surface area contributed by atoms with Gasteiger partial charge in [0.15, 0.2) is 0 Å². The number of hydrogen-bond donors (Lipinski definition) is 2. The number of ether oxygens (including phenoxy) is 1. The van der Waals surface area contributed by atoms with E-state index in [9.17, 15) is 4.79 Å². The summed E-state index contributed by atoms with van der Waals surface area (Å²) in [6.07, 6.45) is 0. The van der Waals surface area contributed by atoms with Crippen LogP contribution in [-0.2, 0) is 4.79 Å². The molecule has 2 aromatic rings. The summed E-state index contributed by atoms with van der Waals surface area (Å²) < 4.78 is 5.07. The highest BCUT2D eigenvalue weighted by Gasteiger charge is 2.08. The Bertz CT molecular complexity index is 538. The maximum atomic E-state index is 11.8. The molecular formula is C15H18N2O2S. The largest absolute Gasteiger partial charge is 0.497 e. The number of carbonyl (C=O) groups excluding carboxylic acids is 1. The second kappa shape index (κ2) is 7.07. The fourth-order valence-electron chi connectivity index (χ4n) is 1.76. The molecule has 0 bridgehead atoms. The molecule has 0 fully saturated rings. The smallest absolute Gasteiger partial charge is 0.238 e. The van der Waals surface area contributed by atoms with Crippen LogP contribution in [0.15, 0.2) is 41.8 Å². The Hall–Kier alpha value is -1.85. The Morgan fingerprint density at radius 2 is 2.05 bits per heavy atom. The molecule has 2 rings (SSSR count). The monoisotopic (exact) mass is 290 g/mol. The van der Waals surface area contributed by atoms with Crippen molar-refractivity contribution in [1.29, 1.82) is 0 Å². The highest BCUT2D eigenvalue weighted by atomic mass is 32.1. The summed E-state index contributed by atoms with van der Waals surface area (Å²) in [6, 6.07) is 11.5. The number of thiophene rings is 1. The predicted octanol–water partition coefficient (Wildman–Crippen LogP) is 3.05. The summed E-state index contributed by atoms with van der Waals surface area (Å²) in [5.74, 6) is 0.714. The summed E-state index contributed by atoms with van der Waals surface area (Å²) in [5, 5.41) is 8.07. The van der Waals surface area contributed by atoms with E-state index in [1.54, 1.807) is 18.4 Å². The van der Waals surface area contributed by atoms with Gasteiger partial charge in [0, 0.05) is 16.6 Å². The highest BCUT2D eigenvalue weighted by molar-refractivity contribution is 7.10. The summed E-state index contributed by atoms with van der Waals surface area (Å²) in [6.45, 7) is 2.33. The highest BCUT2D eigenvalue weighted by Crippen LogP contribution is 2.18. The molecule has 1 atom stereocenters. The van der Waals surface area contributed by atoms with Crippen LogP contribution >= 0.6 is 11.3 Å². The Labute approximate surface area is 122 Å². The topological polar surface area (TPSA) is 50.4 Å². The number of anilines is 1. The Morgan fingerprint density at radius 1 is 1.30 bits per heavy atom. The van der Waals surface area contributed by atoms with Crippen LogP contribution in [0.25, 0.3) is 0 Å². The van der Waals surface area contributed by atoms with Gasteiger partial charge in [0.2, 0.25) is 5.91 Å². The van der Waals surface area contributed by atoms with Crippen LogP contribution in [0.5, 0.6) is 5.75 Å². The summed E-state index contributed by atoms with van der Waals surface area (Å²) in [7, 11) is 1.61. The number of methoxy groups -OCH3 is 1. The van der Waals surface area contributed by atoms with Gasteiger partial charge in [-0.25, -0.2) is 0 Å². The third-order valence-corrected chi connectivity index (χ3v) is 3.97. The number of benzene rings is 1. The van der Waals surface area contributed by atoms with Gasteiger partial charge in [0.25, 0.3) is 0 Å². The molecule has 20 heavy (non-hydrogen) atoms. The Balaban J connectivity index is 1.80. The van der Waals surface area contributed by atoms with E-state index in [4.69, 9.17) is 4.74 Å². The van der Waals surface area contributed by atoms with E-state index >= 15 is 0 Å². The normalized spacial score (nSPS) is 11.9. The lowest BCUT2D eigenvalue weighted by Crippen LogP contribution is -2.29. The minimum Gasteiger partial charge on any atom is -0.497 e. The zero-order valence-electron chi connectivity index (χ0n) is 11.6. The van der Waals surface area contributed by atoms with Gasteiger partial charge in [-0.1, -0.05) is 6.07 Å². The van der Waals surface area contributed by atoms with E-state index < -0.39 is 0 Å². The zero-order chi connectivity index (χ0) is 14.4.